The predicted octanol–water partition coefficient (Wildman–Crippen LogP) is 5.74. The Kier molecular flexibility index (Phi) is 5.69. The molecule has 0 aliphatic carbocycles. The number of Topliss-reactive ketones (excluding diaryl/α,β-unsaturated/α-hetero) is 1. The third-order valence-corrected chi connectivity index (χ3v) is 6.57. The lowest BCUT2D eigenvalue weighted by Gasteiger charge is -2.25. The molecule has 0 spiro atoms. The van der Waals surface area contributed by atoms with Crippen LogP contribution < -0.4 is 4.90 Å². The average molecular weight is 498 g/mol. The average Bonchev–Trinajstić information content (AvgIpc) is 3.03. The van der Waals surface area contributed by atoms with Gasteiger partial charge in [-0.25, -0.2) is 0 Å². The molecule has 156 valence electrons. The van der Waals surface area contributed by atoms with Crippen LogP contribution in [0.15, 0.2) is 70.8 Å². The van der Waals surface area contributed by atoms with Gasteiger partial charge in [0, 0.05) is 26.9 Å². The van der Waals surface area contributed by atoms with Gasteiger partial charge in [0.1, 0.15) is 11.8 Å². The number of amides is 1. The molecule has 2 heterocycles. The molecular formula is C24H18BrClN2O3. The fourth-order valence-corrected chi connectivity index (χ4v) is 4.02. The van der Waals surface area contributed by atoms with Gasteiger partial charge in [-0.3, -0.25) is 19.5 Å². The second kappa shape index (κ2) is 8.29. The summed E-state index contributed by atoms with van der Waals surface area (Å²) in [7, 11) is 0. The number of anilines is 1. The number of pyridine rings is 1. The monoisotopic (exact) mass is 496 g/mol. The third-order valence-electron chi connectivity index (χ3n) is 5.28. The molecule has 0 saturated carbocycles. The summed E-state index contributed by atoms with van der Waals surface area (Å²) in [5.41, 5.74) is 3.09. The third kappa shape index (κ3) is 3.77. The van der Waals surface area contributed by atoms with Crippen molar-refractivity contribution in [1.29, 1.82) is 0 Å². The maximum atomic E-state index is 13.1. The molecule has 31 heavy (non-hydrogen) atoms. The number of hydrogen-bond acceptors (Lipinski definition) is 4. The summed E-state index contributed by atoms with van der Waals surface area (Å²) in [4.78, 5) is 31.9. The first kappa shape index (κ1) is 21.3. The number of aryl methyl sites for hydroxylation is 2. The van der Waals surface area contributed by atoms with Crippen LogP contribution in [-0.4, -0.2) is 21.8 Å². The number of rotatable bonds is 3. The number of aliphatic hydroxyl groups excluding tert-OH is 1. The highest BCUT2D eigenvalue weighted by atomic mass is 79.9. The molecule has 1 aliphatic heterocycles. The van der Waals surface area contributed by atoms with Crippen LogP contribution in [0.5, 0.6) is 0 Å². The smallest absolute Gasteiger partial charge is 0.300 e. The molecule has 5 nitrogen and oxygen atoms in total. The van der Waals surface area contributed by atoms with Crippen LogP contribution in [0.3, 0.4) is 0 Å². The second-order valence-electron chi connectivity index (χ2n) is 7.32. The van der Waals surface area contributed by atoms with Crippen LogP contribution in [0.2, 0.25) is 5.02 Å². The van der Waals surface area contributed by atoms with E-state index in [4.69, 9.17) is 11.6 Å². The van der Waals surface area contributed by atoms with E-state index in [9.17, 15) is 14.7 Å². The fourth-order valence-electron chi connectivity index (χ4n) is 3.60. The van der Waals surface area contributed by atoms with Crippen LogP contribution in [0, 0.1) is 13.8 Å². The van der Waals surface area contributed by atoms with Gasteiger partial charge in [0.2, 0.25) is 0 Å². The van der Waals surface area contributed by atoms with E-state index in [1.54, 1.807) is 60.8 Å². The van der Waals surface area contributed by atoms with Crippen molar-refractivity contribution >= 4 is 50.7 Å². The Bertz CT molecular complexity index is 1240. The molecule has 1 amide bonds. The van der Waals surface area contributed by atoms with Gasteiger partial charge >= 0.3 is 0 Å². The number of carbonyl (C=O) groups excluding carboxylic acids is 2. The Morgan fingerprint density at radius 2 is 1.84 bits per heavy atom. The van der Waals surface area contributed by atoms with Crippen molar-refractivity contribution in [2.75, 3.05) is 4.90 Å². The predicted molar refractivity (Wildman–Crippen MR) is 124 cm³/mol. The normalized spacial score (nSPS) is 17.9. The fraction of sp³-hybridized carbons (Fsp3) is 0.125. The SMILES string of the molecule is Cc1ccc(N2C(=O)C(=O)/C(=C(/O)c3ccc(Br)c(C)c3)C2c2ccccn2)cc1Cl. The van der Waals surface area contributed by atoms with Gasteiger partial charge in [0.15, 0.2) is 0 Å². The van der Waals surface area contributed by atoms with Crippen molar-refractivity contribution in [1.82, 2.24) is 4.98 Å². The highest BCUT2D eigenvalue weighted by Crippen LogP contribution is 2.42. The highest BCUT2D eigenvalue weighted by Gasteiger charge is 2.47. The molecule has 3 aromatic rings. The van der Waals surface area contributed by atoms with Crippen molar-refractivity contribution in [3.05, 3.63) is 98.2 Å². The van der Waals surface area contributed by atoms with Gasteiger partial charge in [-0.05, 0) is 61.4 Å². The number of benzene rings is 2. The quantitative estimate of drug-likeness (QED) is 0.284. The first-order valence-corrected chi connectivity index (χ1v) is 10.7. The summed E-state index contributed by atoms with van der Waals surface area (Å²) < 4.78 is 0.875. The molecule has 0 radical (unpaired) electrons. The second-order valence-corrected chi connectivity index (χ2v) is 8.58. The lowest BCUT2D eigenvalue weighted by Crippen LogP contribution is -2.29. The lowest BCUT2D eigenvalue weighted by molar-refractivity contribution is -0.132. The summed E-state index contributed by atoms with van der Waals surface area (Å²) in [6, 6.07) is 14.7. The van der Waals surface area contributed by atoms with E-state index in [1.807, 2.05) is 13.8 Å². The first-order valence-electron chi connectivity index (χ1n) is 9.54. The first-order chi connectivity index (χ1) is 14.8. The van der Waals surface area contributed by atoms with Crippen LogP contribution >= 0.6 is 27.5 Å². The number of aliphatic hydroxyl groups is 1. The Balaban J connectivity index is 1.95. The zero-order chi connectivity index (χ0) is 22.3. The minimum absolute atomic E-state index is 0.0119. The maximum absolute atomic E-state index is 13.1. The Hall–Kier alpha value is -2.96. The van der Waals surface area contributed by atoms with Gasteiger partial charge in [-0.1, -0.05) is 45.7 Å². The van der Waals surface area contributed by atoms with Crippen LogP contribution in [0.1, 0.15) is 28.4 Å². The van der Waals surface area contributed by atoms with Gasteiger partial charge in [0.25, 0.3) is 11.7 Å². The van der Waals surface area contributed by atoms with Crippen LogP contribution in [0.4, 0.5) is 5.69 Å². The van der Waals surface area contributed by atoms with Crippen molar-refractivity contribution in [2.24, 2.45) is 0 Å². The minimum atomic E-state index is -0.885. The van der Waals surface area contributed by atoms with Crippen LogP contribution in [0.25, 0.3) is 5.76 Å². The minimum Gasteiger partial charge on any atom is -0.507 e. The zero-order valence-corrected chi connectivity index (χ0v) is 19.1. The van der Waals surface area contributed by atoms with E-state index in [-0.39, 0.29) is 11.3 Å². The Morgan fingerprint density at radius 3 is 2.48 bits per heavy atom. The summed E-state index contributed by atoms with van der Waals surface area (Å²) >= 11 is 9.73. The lowest BCUT2D eigenvalue weighted by atomic mass is 9.97. The molecule has 1 fully saturated rings. The topological polar surface area (TPSA) is 70.5 Å². The number of carbonyl (C=O) groups is 2. The van der Waals surface area contributed by atoms with E-state index < -0.39 is 17.7 Å². The molecule has 7 heteroatoms. The molecule has 1 saturated heterocycles. The molecule has 4 rings (SSSR count). The van der Waals surface area contributed by atoms with Crippen LogP contribution in [-0.2, 0) is 9.59 Å². The molecule has 1 aromatic heterocycles. The summed E-state index contributed by atoms with van der Waals surface area (Å²) in [6.07, 6.45) is 1.58. The molecule has 1 atom stereocenters. The summed E-state index contributed by atoms with van der Waals surface area (Å²) in [5, 5.41) is 11.6. The van der Waals surface area contributed by atoms with Gasteiger partial charge < -0.3 is 5.11 Å². The number of ketones is 1. The summed E-state index contributed by atoms with van der Waals surface area (Å²) in [5.74, 6) is -1.76. The summed E-state index contributed by atoms with van der Waals surface area (Å²) in [6.45, 7) is 3.73. The van der Waals surface area contributed by atoms with Crippen molar-refractivity contribution < 1.29 is 14.7 Å². The van der Waals surface area contributed by atoms with Crippen molar-refractivity contribution in [3.8, 4) is 0 Å². The number of aromatic nitrogens is 1. The zero-order valence-electron chi connectivity index (χ0n) is 16.8. The van der Waals surface area contributed by atoms with E-state index in [2.05, 4.69) is 20.9 Å². The van der Waals surface area contributed by atoms with Gasteiger partial charge in [-0.2, -0.15) is 0 Å². The molecular weight excluding hydrogens is 480 g/mol. The van der Waals surface area contributed by atoms with E-state index in [1.165, 1.54) is 4.90 Å². The molecule has 1 aliphatic rings. The Labute approximate surface area is 193 Å². The van der Waals surface area contributed by atoms with Gasteiger partial charge in [-0.15, -0.1) is 0 Å². The van der Waals surface area contributed by atoms with E-state index in [0.29, 0.717) is 22.0 Å². The highest BCUT2D eigenvalue weighted by molar-refractivity contribution is 9.10. The largest absolute Gasteiger partial charge is 0.507 e. The standard InChI is InChI=1S/C24H18BrClN2O3/c1-13-6-8-16(12-18(13)26)28-21(19-5-3-4-10-27-19)20(23(30)24(28)31)22(29)15-7-9-17(25)14(2)11-15/h3-12,21,29H,1-2H3/b22-20+. The molecule has 2 aromatic carbocycles. The number of nitrogens with zero attached hydrogens (tertiary/aromatic N) is 2. The van der Waals surface area contributed by atoms with E-state index >= 15 is 0 Å². The van der Waals surface area contributed by atoms with E-state index in [0.717, 1.165) is 15.6 Å². The molecule has 1 unspecified atom stereocenters. The van der Waals surface area contributed by atoms with Crippen molar-refractivity contribution in [3.63, 3.8) is 0 Å². The van der Waals surface area contributed by atoms with Gasteiger partial charge in [0.05, 0.1) is 11.3 Å². The molecule has 1 N–H and O–H groups in total. The molecule has 0 bridgehead atoms. The number of hydrogen-bond donors (Lipinski definition) is 1. The maximum Gasteiger partial charge on any atom is 0.300 e. The number of halogens is 2. The Morgan fingerprint density at radius 1 is 1.06 bits per heavy atom. The van der Waals surface area contributed by atoms with Crippen molar-refractivity contribution in [2.45, 2.75) is 19.9 Å².